The predicted molar refractivity (Wildman–Crippen MR) is 113 cm³/mol. The lowest BCUT2D eigenvalue weighted by Crippen LogP contribution is -2.75. The van der Waals surface area contributed by atoms with Crippen molar-refractivity contribution in [3.8, 4) is 0 Å². The lowest BCUT2D eigenvalue weighted by molar-refractivity contribution is -0.148. The van der Waals surface area contributed by atoms with E-state index >= 15 is 0 Å². The van der Waals surface area contributed by atoms with E-state index in [-0.39, 0.29) is 10.9 Å². The van der Waals surface area contributed by atoms with E-state index in [1.54, 1.807) is 31.2 Å². The van der Waals surface area contributed by atoms with Gasteiger partial charge in [0.2, 0.25) is 5.91 Å². The minimum Gasteiger partial charge on any atom is -0.361 e. The van der Waals surface area contributed by atoms with Crippen LogP contribution in [0.5, 0.6) is 0 Å². The molecule has 1 aromatic carbocycles. The molecular weight excluding hydrogens is 398 g/mol. The molecule has 4 rings (SSSR count). The van der Waals surface area contributed by atoms with Crippen LogP contribution in [-0.4, -0.2) is 46.6 Å². The Morgan fingerprint density at radius 2 is 1.50 bits per heavy atom. The Kier molecular flexibility index (Phi) is 4.36. The summed E-state index contributed by atoms with van der Waals surface area (Å²) in [5, 5.41) is 3.97. The van der Waals surface area contributed by atoms with E-state index in [1.807, 2.05) is 11.5 Å². The summed E-state index contributed by atoms with van der Waals surface area (Å²) in [5.41, 5.74) is 2.16. The molecule has 2 aliphatic rings. The van der Waals surface area contributed by atoms with Crippen molar-refractivity contribution in [2.75, 3.05) is 0 Å². The van der Waals surface area contributed by atoms with Gasteiger partial charge in [0.1, 0.15) is 11.8 Å². The van der Waals surface area contributed by atoms with E-state index in [4.69, 9.17) is 4.52 Å². The van der Waals surface area contributed by atoms with Gasteiger partial charge in [-0.15, -0.1) is 0 Å². The fourth-order valence-corrected chi connectivity index (χ4v) is 6.74. The summed E-state index contributed by atoms with van der Waals surface area (Å²) < 4.78 is 7.32. The molecule has 0 unspecified atom stereocenters. The van der Waals surface area contributed by atoms with Crippen LogP contribution in [-0.2, 0) is 4.79 Å². The summed E-state index contributed by atoms with van der Waals surface area (Å²) in [7, 11) is -2.30. The van der Waals surface area contributed by atoms with Gasteiger partial charge >= 0.3 is 0 Å². The lowest BCUT2D eigenvalue weighted by Gasteiger charge is -2.59. The molecule has 0 bridgehead atoms. The number of carbonyl (C=O) groups is 3. The van der Waals surface area contributed by atoms with Crippen LogP contribution in [0.15, 0.2) is 28.8 Å². The molecule has 2 aromatic rings. The number of amides is 3. The Morgan fingerprint density at radius 1 is 0.967 bits per heavy atom. The van der Waals surface area contributed by atoms with E-state index in [1.165, 1.54) is 0 Å². The molecule has 30 heavy (non-hydrogen) atoms. The van der Waals surface area contributed by atoms with Gasteiger partial charge in [-0.3, -0.25) is 19.3 Å². The fraction of sp³-hybridized carbons (Fsp3) is 0.455. The maximum absolute atomic E-state index is 13.6. The highest BCUT2D eigenvalue weighted by molar-refractivity contribution is 6.80. The van der Waals surface area contributed by atoms with Gasteiger partial charge in [-0.25, -0.2) is 0 Å². The Morgan fingerprint density at radius 3 is 1.93 bits per heavy atom. The minimum absolute atomic E-state index is 0.104. The maximum Gasteiger partial charge on any atom is 0.262 e. The van der Waals surface area contributed by atoms with Crippen molar-refractivity contribution in [3.05, 3.63) is 52.4 Å². The lowest BCUT2D eigenvalue weighted by atomic mass is 9.89. The highest BCUT2D eigenvalue weighted by Crippen LogP contribution is 2.51. The summed E-state index contributed by atoms with van der Waals surface area (Å²) in [4.78, 5) is 41.0. The van der Waals surface area contributed by atoms with E-state index in [2.05, 4.69) is 39.0 Å². The fourth-order valence-electron chi connectivity index (χ4n) is 4.37. The number of aryl methyl sites for hydroxylation is 2. The van der Waals surface area contributed by atoms with Crippen molar-refractivity contribution in [3.63, 3.8) is 0 Å². The van der Waals surface area contributed by atoms with Crippen LogP contribution < -0.4 is 0 Å². The second kappa shape index (κ2) is 6.38. The predicted octanol–water partition coefficient (Wildman–Crippen LogP) is 3.84. The van der Waals surface area contributed by atoms with E-state index in [0.717, 1.165) is 10.5 Å². The summed E-state index contributed by atoms with van der Waals surface area (Å²) in [5.74, 6) is -0.405. The standard InChI is InChI=1S/C22H27N3O4Si/c1-12-16(13(2)29-23-12)17-18(21(28)25(17)30(6,7)22(3,4)5)24-19(26)14-10-8-9-11-15(14)20(24)27/h8-11,17-18H,1-7H3/t17-,18-/m0/s1. The highest BCUT2D eigenvalue weighted by atomic mass is 28.3. The number of β-lactam (4-membered cyclic amide) rings is 1. The SMILES string of the molecule is Cc1noc(C)c1[C@H]1[C@H](N2C(=O)c3ccccc3C2=O)C(=O)N1[Si](C)(C)C(C)(C)C. The second-order valence-electron chi connectivity index (χ2n) is 9.67. The zero-order chi connectivity index (χ0) is 22.2. The van der Waals surface area contributed by atoms with Crippen molar-refractivity contribution < 1.29 is 18.9 Å². The van der Waals surface area contributed by atoms with Gasteiger partial charge in [-0.2, -0.15) is 0 Å². The molecule has 0 spiro atoms. The monoisotopic (exact) mass is 425 g/mol. The van der Waals surface area contributed by atoms with Gasteiger partial charge in [-0.05, 0) is 31.0 Å². The zero-order valence-corrected chi connectivity index (χ0v) is 19.4. The highest BCUT2D eigenvalue weighted by Gasteiger charge is 2.63. The molecule has 0 saturated carbocycles. The van der Waals surface area contributed by atoms with Gasteiger partial charge in [0.25, 0.3) is 11.8 Å². The molecule has 3 heterocycles. The number of rotatable bonds is 3. The summed E-state index contributed by atoms with van der Waals surface area (Å²) in [6.45, 7) is 14.3. The van der Waals surface area contributed by atoms with Crippen LogP contribution in [0.1, 0.15) is 64.5 Å². The number of nitrogens with zero attached hydrogens (tertiary/aromatic N) is 3. The van der Waals surface area contributed by atoms with Gasteiger partial charge in [0.05, 0.1) is 22.9 Å². The number of carbonyl (C=O) groups excluding carboxylic acids is 3. The van der Waals surface area contributed by atoms with Gasteiger partial charge in [0.15, 0.2) is 8.24 Å². The Balaban J connectivity index is 1.84. The Labute approximate surface area is 177 Å². The molecule has 1 fully saturated rings. The molecular formula is C22H27N3O4Si. The first-order chi connectivity index (χ1) is 13.9. The minimum atomic E-state index is -2.30. The molecule has 2 atom stereocenters. The summed E-state index contributed by atoms with van der Waals surface area (Å²) >= 11 is 0. The molecule has 1 aromatic heterocycles. The normalized spacial score (nSPS) is 21.9. The summed E-state index contributed by atoms with van der Waals surface area (Å²) in [6.07, 6.45) is 0. The molecule has 2 aliphatic heterocycles. The van der Waals surface area contributed by atoms with Crippen LogP contribution in [0.25, 0.3) is 0 Å². The van der Waals surface area contributed by atoms with Crippen molar-refractivity contribution in [2.45, 2.75) is 64.8 Å². The maximum atomic E-state index is 13.6. The zero-order valence-electron chi connectivity index (χ0n) is 18.4. The molecule has 0 radical (unpaired) electrons. The van der Waals surface area contributed by atoms with Crippen LogP contribution in [0.2, 0.25) is 18.1 Å². The number of fused-ring (bicyclic) bond motifs is 1. The number of aromatic nitrogens is 1. The molecule has 0 aliphatic carbocycles. The van der Waals surface area contributed by atoms with Crippen molar-refractivity contribution in [2.24, 2.45) is 0 Å². The van der Waals surface area contributed by atoms with Gasteiger partial charge in [0, 0.05) is 5.56 Å². The van der Waals surface area contributed by atoms with Crippen LogP contribution in [0.3, 0.4) is 0 Å². The first kappa shape index (κ1) is 20.5. The first-order valence-corrected chi connectivity index (χ1v) is 13.1. The van der Waals surface area contributed by atoms with E-state index in [0.29, 0.717) is 22.6 Å². The van der Waals surface area contributed by atoms with Crippen LogP contribution in [0, 0.1) is 13.8 Å². The Hall–Kier alpha value is -2.74. The third-order valence-electron chi connectivity index (χ3n) is 6.99. The van der Waals surface area contributed by atoms with E-state index < -0.39 is 32.1 Å². The first-order valence-electron chi connectivity index (χ1n) is 10.1. The smallest absolute Gasteiger partial charge is 0.262 e. The van der Waals surface area contributed by atoms with Crippen LogP contribution >= 0.6 is 0 Å². The molecule has 7 nitrogen and oxygen atoms in total. The average Bonchev–Trinajstić information content (AvgIpc) is 3.10. The molecule has 8 heteroatoms. The van der Waals surface area contributed by atoms with Crippen molar-refractivity contribution >= 4 is 26.0 Å². The number of benzene rings is 1. The number of hydrogen-bond acceptors (Lipinski definition) is 5. The van der Waals surface area contributed by atoms with Crippen LogP contribution in [0.4, 0.5) is 0 Å². The largest absolute Gasteiger partial charge is 0.361 e. The van der Waals surface area contributed by atoms with Crippen molar-refractivity contribution in [1.29, 1.82) is 0 Å². The molecule has 0 N–H and O–H groups in total. The quantitative estimate of drug-likeness (QED) is 0.424. The number of hydrogen-bond donors (Lipinski definition) is 0. The molecule has 158 valence electrons. The second-order valence-corrected chi connectivity index (χ2v) is 14.8. The average molecular weight is 426 g/mol. The van der Waals surface area contributed by atoms with E-state index in [9.17, 15) is 14.4 Å². The third-order valence-corrected chi connectivity index (χ3v) is 12.4. The van der Waals surface area contributed by atoms with Crippen molar-refractivity contribution in [1.82, 2.24) is 14.6 Å². The Bertz CT molecular complexity index is 1030. The summed E-state index contributed by atoms with van der Waals surface area (Å²) in [6, 6.07) is 5.38. The third kappa shape index (κ3) is 2.56. The number of imide groups is 1. The molecule has 1 saturated heterocycles. The van der Waals surface area contributed by atoms with Gasteiger partial charge < -0.3 is 9.09 Å². The topological polar surface area (TPSA) is 83.7 Å². The van der Waals surface area contributed by atoms with Gasteiger partial charge in [-0.1, -0.05) is 51.2 Å². The molecule has 3 amide bonds.